The zero-order chi connectivity index (χ0) is 12.0. The van der Waals surface area contributed by atoms with E-state index in [1.807, 2.05) is 0 Å². The fourth-order valence-electron chi connectivity index (χ4n) is 1.70. The van der Waals surface area contributed by atoms with Gasteiger partial charge in [-0.3, -0.25) is 0 Å². The third-order valence-corrected chi connectivity index (χ3v) is 3.60. The maximum atomic E-state index is 6.02. The molecule has 0 bridgehead atoms. The lowest BCUT2D eigenvalue weighted by atomic mass is 10.3. The van der Waals surface area contributed by atoms with Gasteiger partial charge in [-0.25, -0.2) is 15.0 Å². The molecule has 2 heterocycles. The van der Waals surface area contributed by atoms with Crippen molar-refractivity contribution in [3.05, 3.63) is 28.4 Å². The largest absolute Gasteiger partial charge is 0.325 e. The predicted octanol–water partition coefficient (Wildman–Crippen LogP) is 3.29. The van der Waals surface area contributed by atoms with E-state index in [2.05, 4.69) is 19.5 Å². The zero-order valence-corrected chi connectivity index (χ0v) is 10.7. The van der Waals surface area contributed by atoms with Crippen LogP contribution < -0.4 is 0 Å². The van der Waals surface area contributed by atoms with Gasteiger partial charge in [0, 0.05) is 11.6 Å². The average molecular weight is 269 g/mol. The molecule has 0 saturated heterocycles. The molecule has 2 aromatic rings. The average Bonchev–Trinajstić information content (AvgIpc) is 3.03. The number of halogens is 2. The fourth-order valence-corrected chi connectivity index (χ4v) is 2.09. The summed E-state index contributed by atoms with van der Waals surface area (Å²) in [6.45, 7) is 1.80. The summed E-state index contributed by atoms with van der Waals surface area (Å²) in [5, 5.41) is 0.784. The van der Waals surface area contributed by atoms with Crippen molar-refractivity contribution in [3.63, 3.8) is 0 Å². The van der Waals surface area contributed by atoms with E-state index in [0.29, 0.717) is 27.7 Å². The predicted molar refractivity (Wildman–Crippen MR) is 66.3 cm³/mol. The molecule has 3 rings (SSSR count). The van der Waals surface area contributed by atoms with Crippen LogP contribution in [0.5, 0.6) is 0 Å². The molecule has 17 heavy (non-hydrogen) atoms. The number of imidazole rings is 1. The SMILES string of the molecule is Cc1c(Cl)nc(-c2cncn2C2CC2)nc1Cl. The molecule has 0 atom stereocenters. The molecule has 0 amide bonds. The zero-order valence-electron chi connectivity index (χ0n) is 9.19. The van der Waals surface area contributed by atoms with E-state index in [-0.39, 0.29) is 0 Å². The van der Waals surface area contributed by atoms with Crippen LogP contribution in [0.2, 0.25) is 10.3 Å². The van der Waals surface area contributed by atoms with Crippen LogP contribution in [0.4, 0.5) is 0 Å². The molecule has 1 aliphatic rings. The molecule has 0 spiro atoms. The minimum atomic E-state index is 0.392. The van der Waals surface area contributed by atoms with Crippen molar-refractivity contribution >= 4 is 23.2 Å². The van der Waals surface area contributed by atoms with Crippen molar-refractivity contribution in [2.75, 3.05) is 0 Å². The Hall–Kier alpha value is -1.13. The number of nitrogens with zero attached hydrogens (tertiary/aromatic N) is 4. The minimum Gasteiger partial charge on any atom is -0.325 e. The molecule has 1 fully saturated rings. The lowest BCUT2D eigenvalue weighted by Crippen LogP contribution is -2.00. The van der Waals surface area contributed by atoms with Crippen molar-refractivity contribution in [1.82, 2.24) is 19.5 Å². The second-order valence-electron chi connectivity index (χ2n) is 4.17. The first kappa shape index (κ1) is 11.0. The molecule has 2 aromatic heterocycles. The smallest absolute Gasteiger partial charge is 0.180 e. The summed E-state index contributed by atoms with van der Waals surface area (Å²) >= 11 is 12.0. The van der Waals surface area contributed by atoms with Gasteiger partial charge in [-0.05, 0) is 19.8 Å². The highest BCUT2D eigenvalue weighted by Crippen LogP contribution is 2.38. The Morgan fingerprint density at radius 2 is 1.88 bits per heavy atom. The summed E-state index contributed by atoms with van der Waals surface area (Å²) in [6, 6.07) is 0.523. The van der Waals surface area contributed by atoms with Gasteiger partial charge in [0.1, 0.15) is 16.0 Å². The lowest BCUT2D eigenvalue weighted by molar-refractivity contribution is 0.743. The molecule has 0 N–H and O–H groups in total. The second-order valence-corrected chi connectivity index (χ2v) is 4.89. The van der Waals surface area contributed by atoms with Crippen LogP contribution in [0, 0.1) is 6.92 Å². The fraction of sp³-hybridized carbons (Fsp3) is 0.364. The van der Waals surface area contributed by atoms with Crippen LogP contribution in [-0.4, -0.2) is 19.5 Å². The van der Waals surface area contributed by atoms with Crippen molar-refractivity contribution in [3.8, 4) is 11.5 Å². The number of aromatic nitrogens is 4. The Labute approximate surface area is 109 Å². The molecule has 4 nitrogen and oxygen atoms in total. The Morgan fingerprint density at radius 3 is 2.47 bits per heavy atom. The number of rotatable bonds is 2. The van der Waals surface area contributed by atoms with Crippen molar-refractivity contribution in [2.24, 2.45) is 0 Å². The third kappa shape index (κ3) is 1.91. The molecule has 1 aliphatic carbocycles. The van der Waals surface area contributed by atoms with E-state index >= 15 is 0 Å². The van der Waals surface area contributed by atoms with Gasteiger partial charge in [0.2, 0.25) is 0 Å². The second kappa shape index (κ2) is 3.96. The molecular formula is C11H10Cl2N4. The minimum absolute atomic E-state index is 0.392. The molecule has 88 valence electrons. The highest BCUT2D eigenvalue weighted by Gasteiger charge is 2.26. The third-order valence-electron chi connectivity index (χ3n) is 2.86. The van der Waals surface area contributed by atoms with Crippen molar-refractivity contribution < 1.29 is 0 Å². The standard InChI is InChI=1S/C11H10Cl2N4/c1-6-9(12)15-11(16-10(6)13)8-4-14-5-17(8)7-2-3-7/h4-5,7H,2-3H2,1H3. The summed E-state index contributed by atoms with van der Waals surface area (Å²) in [5.74, 6) is 0.537. The monoisotopic (exact) mass is 268 g/mol. The van der Waals surface area contributed by atoms with E-state index in [1.165, 1.54) is 12.8 Å². The molecule has 0 aromatic carbocycles. The van der Waals surface area contributed by atoms with Crippen LogP contribution in [0.3, 0.4) is 0 Å². The van der Waals surface area contributed by atoms with Gasteiger partial charge in [0.15, 0.2) is 5.82 Å². The highest BCUT2D eigenvalue weighted by molar-refractivity contribution is 6.34. The van der Waals surface area contributed by atoms with Gasteiger partial charge in [0.25, 0.3) is 0 Å². The Balaban J connectivity index is 2.11. The van der Waals surface area contributed by atoms with Gasteiger partial charge in [-0.2, -0.15) is 0 Å². The van der Waals surface area contributed by atoms with Crippen molar-refractivity contribution in [2.45, 2.75) is 25.8 Å². The van der Waals surface area contributed by atoms with E-state index in [1.54, 1.807) is 19.4 Å². The Kier molecular flexibility index (Phi) is 2.56. The molecule has 0 radical (unpaired) electrons. The summed E-state index contributed by atoms with van der Waals surface area (Å²) in [5.41, 5.74) is 1.57. The number of hydrogen-bond donors (Lipinski definition) is 0. The topological polar surface area (TPSA) is 43.6 Å². The van der Waals surface area contributed by atoms with Crippen LogP contribution in [0.1, 0.15) is 24.4 Å². The van der Waals surface area contributed by atoms with E-state index in [9.17, 15) is 0 Å². The molecule has 1 saturated carbocycles. The molecular weight excluding hydrogens is 259 g/mol. The molecule has 0 unspecified atom stereocenters. The highest BCUT2D eigenvalue weighted by atomic mass is 35.5. The molecule has 0 aliphatic heterocycles. The van der Waals surface area contributed by atoms with Crippen LogP contribution in [0.15, 0.2) is 12.5 Å². The van der Waals surface area contributed by atoms with Gasteiger partial charge in [-0.15, -0.1) is 0 Å². The van der Waals surface area contributed by atoms with Gasteiger partial charge in [-0.1, -0.05) is 23.2 Å². The van der Waals surface area contributed by atoms with Crippen LogP contribution >= 0.6 is 23.2 Å². The maximum Gasteiger partial charge on any atom is 0.180 e. The first-order chi connectivity index (χ1) is 8.16. The number of hydrogen-bond acceptors (Lipinski definition) is 3. The first-order valence-corrected chi connectivity index (χ1v) is 6.14. The van der Waals surface area contributed by atoms with E-state index < -0.39 is 0 Å². The summed E-state index contributed by atoms with van der Waals surface area (Å²) in [6.07, 6.45) is 5.90. The quantitative estimate of drug-likeness (QED) is 0.786. The summed E-state index contributed by atoms with van der Waals surface area (Å²) in [4.78, 5) is 12.7. The van der Waals surface area contributed by atoms with Gasteiger partial charge in [0.05, 0.1) is 12.5 Å². The van der Waals surface area contributed by atoms with E-state index in [4.69, 9.17) is 23.2 Å². The summed E-state index contributed by atoms with van der Waals surface area (Å²) in [7, 11) is 0. The summed E-state index contributed by atoms with van der Waals surface area (Å²) < 4.78 is 2.08. The molecule has 6 heteroatoms. The van der Waals surface area contributed by atoms with Gasteiger partial charge >= 0.3 is 0 Å². The normalized spacial score (nSPS) is 15.2. The maximum absolute atomic E-state index is 6.02. The van der Waals surface area contributed by atoms with Crippen LogP contribution in [-0.2, 0) is 0 Å². The first-order valence-electron chi connectivity index (χ1n) is 5.38. The Morgan fingerprint density at radius 1 is 1.24 bits per heavy atom. The van der Waals surface area contributed by atoms with Gasteiger partial charge < -0.3 is 4.57 Å². The Bertz CT molecular complexity index is 552. The van der Waals surface area contributed by atoms with Crippen LogP contribution in [0.25, 0.3) is 11.5 Å². The van der Waals surface area contributed by atoms with Crippen molar-refractivity contribution in [1.29, 1.82) is 0 Å². The van der Waals surface area contributed by atoms with E-state index in [0.717, 1.165) is 5.69 Å². The lowest BCUT2D eigenvalue weighted by Gasteiger charge is -2.07.